The molecule has 1 amide bonds. The van der Waals surface area contributed by atoms with Gasteiger partial charge in [0.1, 0.15) is 15.7 Å². The van der Waals surface area contributed by atoms with Gasteiger partial charge in [-0.05, 0) is 43.7 Å². The molecule has 3 aromatic rings. The minimum absolute atomic E-state index is 0.219. The molecule has 3 rings (SSSR count). The number of rotatable bonds is 5. The number of pyridine rings is 1. The molecule has 0 unspecified atom stereocenters. The molecule has 6 nitrogen and oxygen atoms in total. The number of methoxy groups -OCH3 is 2. The van der Waals surface area contributed by atoms with Crippen molar-refractivity contribution in [2.75, 3.05) is 19.5 Å². The Hall–Kier alpha value is -2.93. The van der Waals surface area contributed by atoms with Gasteiger partial charge in [0.15, 0.2) is 11.5 Å². The number of aryl methyl sites for hydroxylation is 2. The lowest BCUT2D eigenvalue weighted by Gasteiger charge is -2.08. The van der Waals surface area contributed by atoms with Crippen molar-refractivity contribution in [3.63, 3.8) is 0 Å². The van der Waals surface area contributed by atoms with E-state index in [0.29, 0.717) is 27.9 Å². The van der Waals surface area contributed by atoms with Gasteiger partial charge in [-0.2, -0.15) is 0 Å². The molecule has 0 aliphatic carbocycles. The Balaban J connectivity index is 1.87. The van der Waals surface area contributed by atoms with Crippen LogP contribution in [-0.4, -0.2) is 30.1 Å². The minimum atomic E-state index is -0.219. The fourth-order valence-corrected chi connectivity index (χ4v) is 3.37. The average molecular weight is 369 g/mol. The SMILES string of the molecule is COc1ccc(-c2nc(C)c(C(=O)Nc3ccc(C)cn3)s2)cc1OC. The van der Waals surface area contributed by atoms with Crippen LogP contribution >= 0.6 is 11.3 Å². The predicted molar refractivity (Wildman–Crippen MR) is 102 cm³/mol. The molecule has 0 bridgehead atoms. The minimum Gasteiger partial charge on any atom is -0.493 e. The number of carbonyl (C=O) groups excluding carboxylic acids is 1. The fourth-order valence-electron chi connectivity index (χ4n) is 2.41. The van der Waals surface area contributed by atoms with Gasteiger partial charge in [0.05, 0.1) is 19.9 Å². The maximum Gasteiger partial charge on any atom is 0.268 e. The van der Waals surface area contributed by atoms with Crippen LogP contribution in [0.25, 0.3) is 10.6 Å². The number of hydrogen-bond donors (Lipinski definition) is 1. The van der Waals surface area contributed by atoms with Gasteiger partial charge in [0.25, 0.3) is 5.91 Å². The molecule has 26 heavy (non-hydrogen) atoms. The zero-order chi connectivity index (χ0) is 18.7. The second kappa shape index (κ2) is 7.53. The van der Waals surface area contributed by atoms with Gasteiger partial charge in [-0.15, -0.1) is 11.3 Å². The molecule has 0 saturated heterocycles. The van der Waals surface area contributed by atoms with E-state index in [1.165, 1.54) is 11.3 Å². The first-order valence-corrected chi connectivity index (χ1v) is 8.77. The van der Waals surface area contributed by atoms with E-state index < -0.39 is 0 Å². The second-order valence-corrected chi connectivity index (χ2v) is 6.68. The molecule has 2 aromatic heterocycles. The van der Waals surface area contributed by atoms with Crippen LogP contribution in [0, 0.1) is 13.8 Å². The van der Waals surface area contributed by atoms with Crippen molar-refractivity contribution < 1.29 is 14.3 Å². The highest BCUT2D eigenvalue weighted by Crippen LogP contribution is 2.35. The molecule has 1 N–H and O–H groups in total. The summed E-state index contributed by atoms with van der Waals surface area (Å²) in [6.07, 6.45) is 1.71. The van der Waals surface area contributed by atoms with E-state index in [2.05, 4.69) is 15.3 Å². The maximum atomic E-state index is 12.6. The van der Waals surface area contributed by atoms with Gasteiger partial charge in [-0.25, -0.2) is 9.97 Å². The Morgan fingerprint density at radius 1 is 1.08 bits per heavy atom. The van der Waals surface area contributed by atoms with Gasteiger partial charge in [0.2, 0.25) is 0 Å². The molecule has 1 aromatic carbocycles. The molecule has 0 saturated carbocycles. The number of ether oxygens (including phenoxy) is 2. The Bertz CT molecular complexity index is 936. The van der Waals surface area contributed by atoms with Gasteiger partial charge >= 0.3 is 0 Å². The number of nitrogens with one attached hydrogen (secondary N) is 1. The molecule has 134 valence electrons. The monoisotopic (exact) mass is 369 g/mol. The van der Waals surface area contributed by atoms with Crippen molar-refractivity contribution >= 4 is 23.1 Å². The number of amides is 1. The van der Waals surface area contributed by atoms with E-state index in [-0.39, 0.29) is 5.91 Å². The van der Waals surface area contributed by atoms with Gasteiger partial charge in [-0.3, -0.25) is 4.79 Å². The summed E-state index contributed by atoms with van der Waals surface area (Å²) in [5.41, 5.74) is 2.57. The van der Waals surface area contributed by atoms with Crippen LogP contribution in [0.1, 0.15) is 20.9 Å². The smallest absolute Gasteiger partial charge is 0.268 e. The van der Waals surface area contributed by atoms with E-state index >= 15 is 0 Å². The molecular weight excluding hydrogens is 350 g/mol. The lowest BCUT2D eigenvalue weighted by atomic mass is 10.2. The topological polar surface area (TPSA) is 73.3 Å². The third kappa shape index (κ3) is 3.67. The molecule has 0 spiro atoms. The zero-order valence-electron chi connectivity index (χ0n) is 15.0. The highest BCUT2D eigenvalue weighted by molar-refractivity contribution is 7.17. The average Bonchev–Trinajstić information content (AvgIpc) is 3.05. The third-order valence-corrected chi connectivity index (χ3v) is 4.99. The quantitative estimate of drug-likeness (QED) is 0.733. The highest BCUT2D eigenvalue weighted by atomic mass is 32.1. The van der Waals surface area contributed by atoms with Crippen LogP contribution in [0.2, 0.25) is 0 Å². The summed E-state index contributed by atoms with van der Waals surface area (Å²) in [6.45, 7) is 3.76. The van der Waals surface area contributed by atoms with E-state index in [9.17, 15) is 4.79 Å². The Morgan fingerprint density at radius 3 is 2.50 bits per heavy atom. The summed E-state index contributed by atoms with van der Waals surface area (Å²) in [4.78, 5) is 21.8. The number of anilines is 1. The molecule has 0 aliphatic rings. The number of aromatic nitrogens is 2. The van der Waals surface area contributed by atoms with E-state index in [1.807, 2.05) is 38.1 Å². The van der Waals surface area contributed by atoms with Gasteiger partial charge in [-0.1, -0.05) is 6.07 Å². The van der Waals surface area contributed by atoms with E-state index in [0.717, 1.165) is 16.1 Å². The first-order valence-electron chi connectivity index (χ1n) is 7.95. The van der Waals surface area contributed by atoms with Gasteiger partial charge in [0, 0.05) is 11.8 Å². The number of nitrogens with zero attached hydrogens (tertiary/aromatic N) is 2. The van der Waals surface area contributed by atoms with Crippen LogP contribution < -0.4 is 14.8 Å². The van der Waals surface area contributed by atoms with E-state index in [1.54, 1.807) is 26.5 Å². The molecular formula is C19H19N3O3S. The number of benzene rings is 1. The standard InChI is InChI=1S/C19H19N3O3S/c1-11-5-8-16(20-10-11)22-18(23)17-12(2)21-19(26-17)13-6-7-14(24-3)15(9-13)25-4/h5-10H,1-4H3,(H,20,22,23). The second-order valence-electron chi connectivity index (χ2n) is 5.68. The Morgan fingerprint density at radius 2 is 1.85 bits per heavy atom. The molecule has 0 fully saturated rings. The van der Waals surface area contributed by atoms with Gasteiger partial charge < -0.3 is 14.8 Å². The third-order valence-electron chi connectivity index (χ3n) is 3.79. The largest absolute Gasteiger partial charge is 0.493 e. The summed E-state index contributed by atoms with van der Waals surface area (Å²) in [5.74, 6) is 1.56. The molecule has 0 radical (unpaired) electrons. The van der Waals surface area contributed by atoms with Crippen LogP contribution in [0.4, 0.5) is 5.82 Å². The molecule has 0 atom stereocenters. The van der Waals surface area contributed by atoms with Crippen LogP contribution in [-0.2, 0) is 0 Å². The van der Waals surface area contributed by atoms with Crippen LogP contribution in [0.5, 0.6) is 11.5 Å². The summed E-state index contributed by atoms with van der Waals surface area (Å²) >= 11 is 1.33. The molecule has 0 aliphatic heterocycles. The predicted octanol–water partition coefficient (Wildman–Crippen LogP) is 4.09. The Labute approximate surface area is 155 Å². The normalized spacial score (nSPS) is 10.5. The number of hydrogen-bond acceptors (Lipinski definition) is 6. The van der Waals surface area contributed by atoms with E-state index in [4.69, 9.17) is 9.47 Å². The van der Waals surface area contributed by atoms with Crippen LogP contribution in [0.15, 0.2) is 36.5 Å². The summed E-state index contributed by atoms with van der Waals surface area (Å²) in [5, 5.41) is 3.55. The molecule has 2 heterocycles. The summed E-state index contributed by atoms with van der Waals surface area (Å²) in [6, 6.07) is 9.24. The van der Waals surface area contributed by atoms with Crippen molar-refractivity contribution in [1.82, 2.24) is 9.97 Å². The lowest BCUT2D eigenvalue weighted by Crippen LogP contribution is -2.12. The molecule has 7 heteroatoms. The number of carbonyl (C=O) groups is 1. The first-order chi connectivity index (χ1) is 12.5. The van der Waals surface area contributed by atoms with Crippen molar-refractivity contribution in [2.24, 2.45) is 0 Å². The lowest BCUT2D eigenvalue weighted by molar-refractivity contribution is 0.102. The number of thiazole rings is 1. The van der Waals surface area contributed by atoms with Crippen molar-refractivity contribution in [2.45, 2.75) is 13.8 Å². The first kappa shape index (κ1) is 17.9. The van der Waals surface area contributed by atoms with Crippen molar-refractivity contribution in [3.8, 4) is 22.1 Å². The van der Waals surface area contributed by atoms with Crippen molar-refractivity contribution in [3.05, 3.63) is 52.7 Å². The van der Waals surface area contributed by atoms with Crippen LogP contribution in [0.3, 0.4) is 0 Å². The Kier molecular flexibility index (Phi) is 5.18. The highest BCUT2D eigenvalue weighted by Gasteiger charge is 2.18. The fraction of sp³-hybridized carbons (Fsp3) is 0.211. The maximum absolute atomic E-state index is 12.6. The summed E-state index contributed by atoms with van der Waals surface area (Å²) in [7, 11) is 3.18. The summed E-state index contributed by atoms with van der Waals surface area (Å²) < 4.78 is 10.6. The zero-order valence-corrected chi connectivity index (χ0v) is 15.8. The van der Waals surface area contributed by atoms with Crippen molar-refractivity contribution in [1.29, 1.82) is 0 Å².